The number of carbonyl (C=O) groups is 4. The van der Waals surface area contributed by atoms with E-state index in [2.05, 4.69) is 21.0 Å². The summed E-state index contributed by atoms with van der Waals surface area (Å²) in [5.41, 5.74) is 1.19. The number of benzene rings is 1. The van der Waals surface area contributed by atoms with Crippen molar-refractivity contribution < 1.29 is 19.2 Å². The predicted octanol–water partition coefficient (Wildman–Crippen LogP) is 3.24. The van der Waals surface area contributed by atoms with E-state index in [1.54, 1.807) is 52.8 Å². The van der Waals surface area contributed by atoms with Gasteiger partial charge in [0.05, 0.1) is 5.69 Å². The van der Waals surface area contributed by atoms with Gasteiger partial charge in [-0.2, -0.15) is 5.10 Å². The van der Waals surface area contributed by atoms with Gasteiger partial charge in [0.25, 0.3) is 11.8 Å². The number of aromatic nitrogens is 2. The Morgan fingerprint density at radius 1 is 1.10 bits per heavy atom. The smallest absolute Gasteiger partial charge is 0.318 e. The first-order valence-electron chi connectivity index (χ1n) is 14.7. The van der Waals surface area contributed by atoms with E-state index in [-0.39, 0.29) is 41.8 Å². The molecule has 2 aliphatic carbocycles. The number of fused-ring (bicyclic) bond motifs is 1. The third-order valence-electron chi connectivity index (χ3n) is 9.16. The van der Waals surface area contributed by atoms with E-state index >= 15 is 0 Å². The van der Waals surface area contributed by atoms with Gasteiger partial charge in [-0.15, -0.1) is 0 Å². The van der Waals surface area contributed by atoms with Crippen molar-refractivity contribution in [3.05, 3.63) is 41.7 Å². The van der Waals surface area contributed by atoms with Crippen molar-refractivity contribution in [2.45, 2.75) is 77.0 Å². The summed E-state index contributed by atoms with van der Waals surface area (Å²) in [6, 6.07) is 6.04. The molecule has 218 valence electrons. The monoisotopic (exact) mass is 561 g/mol. The molecule has 3 heterocycles. The standard InChI is InChI=1S/C30H39N7O4/c1-16(2)37-22(12-13-31-37)26(38)34-25(24(18-6-7-18)19-8-9-19)27(39)33-20-10-11-21-23(14-20)35(5)28(40)30(21,4)36-15-17(3)32-29(36)41/h10-14,16-19,24-25H,6-9,15H2,1-5H3,(H,32,41)(H,33,39)(H,34,38)/t17-,25+,30+/m1/s1. The molecule has 0 radical (unpaired) electrons. The second-order valence-electron chi connectivity index (χ2n) is 12.6. The lowest BCUT2D eigenvalue weighted by molar-refractivity contribution is -0.127. The minimum Gasteiger partial charge on any atom is -0.339 e. The van der Waals surface area contributed by atoms with Crippen LogP contribution in [-0.4, -0.2) is 64.1 Å². The lowest BCUT2D eigenvalue weighted by Gasteiger charge is -2.33. The van der Waals surface area contributed by atoms with Crippen LogP contribution in [-0.2, 0) is 15.1 Å². The molecule has 0 bridgehead atoms. The maximum atomic E-state index is 13.9. The maximum Gasteiger partial charge on any atom is 0.318 e. The molecule has 1 aromatic heterocycles. The maximum absolute atomic E-state index is 13.9. The molecule has 0 unspecified atom stereocenters. The van der Waals surface area contributed by atoms with Gasteiger partial charge in [-0.1, -0.05) is 6.07 Å². The molecular formula is C30H39N7O4. The van der Waals surface area contributed by atoms with Gasteiger partial charge in [0.15, 0.2) is 0 Å². The van der Waals surface area contributed by atoms with Crippen LogP contribution in [0.4, 0.5) is 16.2 Å². The zero-order valence-corrected chi connectivity index (χ0v) is 24.3. The van der Waals surface area contributed by atoms with Gasteiger partial charge in [-0.3, -0.25) is 19.1 Å². The predicted molar refractivity (Wildman–Crippen MR) is 153 cm³/mol. The fourth-order valence-electron chi connectivity index (χ4n) is 6.76. The first-order valence-corrected chi connectivity index (χ1v) is 14.7. The van der Waals surface area contributed by atoms with E-state index < -0.39 is 11.6 Å². The van der Waals surface area contributed by atoms with Crippen LogP contribution in [0.3, 0.4) is 0 Å². The van der Waals surface area contributed by atoms with Crippen molar-refractivity contribution in [1.29, 1.82) is 0 Å². The molecule has 0 spiro atoms. The summed E-state index contributed by atoms with van der Waals surface area (Å²) >= 11 is 0. The van der Waals surface area contributed by atoms with Crippen LogP contribution in [0, 0.1) is 17.8 Å². The van der Waals surface area contributed by atoms with Gasteiger partial charge < -0.3 is 25.8 Å². The summed E-state index contributed by atoms with van der Waals surface area (Å²) in [7, 11) is 1.69. The van der Waals surface area contributed by atoms with E-state index in [1.807, 2.05) is 26.8 Å². The highest BCUT2D eigenvalue weighted by molar-refractivity contribution is 6.10. The number of nitrogens with zero attached hydrogens (tertiary/aromatic N) is 4. The molecule has 1 saturated heterocycles. The zero-order valence-electron chi connectivity index (χ0n) is 24.3. The van der Waals surface area contributed by atoms with Crippen LogP contribution in [0.2, 0.25) is 0 Å². The Hall–Kier alpha value is -3.89. The highest BCUT2D eigenvalue weighted by Crippen LogP contribution is 2.51. The van der Waals surface area contributed by atoms with E-state index in [9.17, 15) is 19.2 Å². The van der Waals surface area contributed by atoms with E-state index in [1.165, 1.54) is 0 Å². The minimum atomic E-state index is -1.14. The van der Waals surface area contributed by atoms with Crippen LogP contribution in [0.1, 0.15) is 75.5 Å². The molecule has 2 saturated carbocycles. The molecule has 4 aliphatic rings. The topological polar surface area (TPSA) is 129 Å². The van der Waals surface area contributed by atoms with Crippen molar-refractivity contribution >= 4 is 35.1 Å². The molecule has 1 aromatic carbocycles. The number of carbonyl (C=O) groups excluding carboxylic acids is 4. The number of likely N-dealkylation sites (N-methyl/N-ethyl adjacent to an activating group) is 1. The number of anilines is 2. The zero-order chi connectivity index (χ0) is 29.2. The quantitative estimate of drug-likeness (QED) is 0.433. The fourth-order valence-corrected chi connectivity index (χ4v) is 6.76. The summed E-state index contributed by atoms with van der Waals surface area (Å²) in [4.78, 5) is 56.7. The van der Waals surface area contributed by atoms with Crippen molar-refractivity contribution in [2.24, 2.45) is 17.8 Å². The summed E-state index contributed by atoms with van der Waals surface area (Å²) < 4.78 is 1.67. The summed E-state index contributed by atoms with van der Waals surface area (Å²) in [5, 5.41) is 13.3. The van der Waals surface area contributed by atoms with Crippen molar-refractivity contribution in [2.75, 3.05) is 23.8 Å². The second kappa shape index (κ2) is 9.88. The molecule has 11 heteroatoms. The van der Waals surface area contributed by atoms with Crippen LogP contribution < -0.4 is 20.9 Å². The number of rotatable bonds is 9. The average molecular weight is 562 g/mol. The molecule has 5 amide bonds. The van der Waals surface area contributed by atoms with Crippen LogP contribution >= 0.6 is 0 Å². The van der Waals surface area contributed by atoms with Crippen LogP contribution in [0.5, 0.6) is 0 Å². The fraction of sp³-hybridized carbons (Fsp3) is 0.567. The minimum absolute atomic E-state index is 0.00679. The first-order chi connectivity index (χ1) is 19.5. The van der Waals surface area contributed by atoms with Gasteiger partial charge >= 0.3 is 6.03 Å². The molecule has 41 heavy (non-hydrogen) atoms. The Kier molecular flexibility index (Phi) is 6.58. The lowest BCUT2D eigenvalue weighted by atomic mass is 9.88. The first kappa shape index (κ1) is 27.3. The number of hydrogen-bond donors (Lipinski definition) is 3. The molecule has 3 fully saturated rings. The molecule has 11 nitrogen and oxygen atoms in total. The Bertz CT molecular complexity index is 1400. The van der Waals surface area contributed by atoms with Gasteiger partial charge in [0.1, 0.15) is 17.3 Å². The molecule has 6 rings (SSSR count). The van der Waals surface area contributed by atoms with Gasteiger partial charge in [-0.05, 0) is 89.3 Å². The second-order valence-corrected chi connectivity index (χ2v) is 12.6. The van der Waals surface area contributed by atoms with E-state index in [0.717, 1.165) is 25.7 Å². The Morgan fingerprint density at radius 3 is 2.37 bits per heavy atom. The van der Waals surface area contributed by atoms with Crippen LogP contribution in [0.25, 0.3) is 0 Å². The largest absolute Gasteiger partial charge is 0.339 e. The van der Waals surface area contributed by atoms with Crippen molar-refractivity contribution in [1.82, 2.24) is 25.3 Å². The highest BCUT2D eigenvalue weighted by Gasteiger charge is 2.54. The number of hydrogen-bond acceptors (Lipinski definition) is 5. The van der Waals surface area contributed by atoms with Gasteiger partial charge in [0, 0.05) is 43.1 Å². The van der Waals surface area contributed by atoms with Crippen molar-refractivity contribution in [3.63, 3.8) is 0 Å². The van der Waals surface area contributed by atoms with E-state index in [0.29, 0.717) is 41.0 Å². The molecule has 3 N–H and O–H groups in total. The Balaban J connectivity index is 1.27. The van der Waals surface area contributed by atoms with Crippen molar-refractivity contribution in [3.8, 4) is 0 Å². The number of urea groups is 1. The third kappa shape index (κ3) is 4.64. The summed E-state index contributed by atoms with van der Waals surface area (Å²) in [6.45, 7) is 8.03. The molecule has 2 aliphatic heterocycles. The van der Waals surface area contributed by atoms with Gasteiger partial charge in [-0.25, -0.2) is 4.79 Å². The molecule has 3 atom stereocenters. The normalized spacial score (nSPS) is 24.6. The molecule has 2 aromatic rings. The lowest BCUT2D eigenvalue weighted by Crippen LogP contribution is -2.51. The third-order valence-corrected chi connectivity index (χ3v) is 9.16. The Labute approximate surface area is 240 Å². The number of nitrogens with one attached hydrogen (secondary N) is 3. The number of amides is 5. The van der Waals surface area contributed by atoms with Crippen LogP contribution in [0.15, 0.2) is 30.5 Å². The SMILES string of the molecule is CC(C)n1nccc1C(=O)N[C@H](C(=O)Nc1ccc2c(c1)N(C)C(=O)[C@@]2(C)N1C[C@@H](C)NC1=O)C(C1CC1)C1CC1. The highest BCUT2D eigenvalue weighted by atomic mass is 16.2. The summed E-state index contributed by atoms with van der Waals surface area (Å²) in [6.07, 6.45) is 5.87. The average Bonchev–Trinajstić information content (AvgIpc) is 3.85. The van der Waals surface area contributed by atoms with Gasteiger partial charge in [0.2, 0.25) is 5.91 Å². The molecular weight excluding hydrogens is 522 g/mol. The van der Waals surface area contributed by atoms with E-state index in [4.69, 9.17) is 0 Å². The Morgan fingerprint density at radius 2 is 1.78 bits per heavy atom. The summed E-state index contributed by atoms with van der Waals surface area (Å²) in [5.74, 6) is 0.150.